The second-order valence-corrected chi connectivity index (χ2v) is 5.34. The van der Waals surface area contributed by atoms with Gasteiger partial charge in [0, 0.05) is 22.2 Å². The number of hydrogen-bond acceptors (Lipinski definition) is 3. The Hall–Kier alpha value is -2.78. The predicted octanol–water partition coefficient (Wildman–Crippen LogP) is 5.01. The van der Waals surface area contributed by atoms with E-state index in [1.54, 1.807) is 18.3 Å². The minimum Gasteiger partial charge on any atom is -0.244 e. The lowest BCUT2D eigenvalue weighted by molar-refractivity contribution is 1.16. The molecule has 0 saturated carbocycles. The highest BCUT2D eigenvalue weighted by Gasteiger charge is 2.09. The highest BCUT2D eigenvalue weighted by Crippen LogP contribution is 2.25. The van der Waals surface area contributed by atoms with Gasteiger partial charge in [0.1, 0.15) is 5.69 Å². The molecule has 0 aliphatic carbocycles. The number of para-hydroxylation sites is 1. The van der Waals surface area contributed by atoms with E-state index in [2.05, 4.69) is 28.1 Å². The van der Waals surface area contributed by atoms with E-state index in [0.717, 1.165) is 16.5 Å². The van der Waals surface area contributed by atoms with Crippen molar-refractivity contribution in [1.82, 2.24) is 15.0 Å². The fraction of sp³-hybridized carbons (Fsp3) is 0. The van der Waals surface area contributed by atoms with Crippen LogP contribution in [0.5, 0.6) is 0 Å². The van der Waals surface area contributed by atoms with Crippen molar-refractivity contribution in [3.63, 3.8) is 0 Å². The van der Waals surface area contributed by atoms with Crippen LogP contribution in [0.15, 0.2) is 79.0 Å². The summed E-state index contributed by atoms with van der Waals surface area (Å²) in [7, 11) is 0. The van der Waals surface area contributed by atoms with Crippen molar-refractivity contribution < 1.29 is 0 Å². The van der Waals surface area contributed by atoms with Crippen molar-refractivity contribution in [3.05, 3.63) is 84.7 Å². The van der Waals surface area contributed by atoms with Crippen molar-refractivity contribution in [2.24, 2.45) is 0 Å². The Balaban J connectivity index is 2.09. The molecule has 0 N–H and O–H groups in total. The van der Waals surface area contributed by atoms with Crippen molar-refractivity contribution in [2.45, 2.75) is 0 Å². The quantitative estimate of drug-likeness (QED) is 0.634. The Bertz CT molecular complexity index is 929. The molecule has 4 heteroatoms. The molecule has 2 aromatic heterocycles. The van der Waals surface area contributed by atoms with E-state index < -0.39 is 0 Å². The first-order chi connectivity index (χ1) is 11.2. The largest absolute Gasteiger partial charge is 0.244 e. The van der Waals surface area contributed by atoms with Crippen LogP contribution in [0.4, 0.5) is 0 Å². The average Bonchev–Trinajstić information content (AvgIpc) is 2.59. The molecule has 0 radical (unpaired) electrons. The van der Waals surface area contributed by atoms with Gasteiger partial charge in [-0.05, 0) is 18.2 Å². The molecule has 112 valence electrons. The Kier molecular flexibility index (Phi) is 4.31. The van der Waals surface area contributed by atoms with Crippen molar-refractivity contribution in [1.29, 1.82) is 0 Å². The third-order valence-electron chi connectivity index (χ3n) is 3.32. The van der Waals surface area contributed by atoms with E-state index >= 15 is 0 Å². The second-order valence-electron chi connectivity index (χ2n) is 4.88. The normalized spacial score (nSPS) is 11.4. The number of nitrogens with zero attached hydrogens (tertiary/aromatic N) is 3. The van der Waals surface area contributed by atoms with E-state index in [9.17, 15) is 0 Å². The molecular formula is C19H14ClN3. The number of fused-ring (bicyclic) bond motifs is 1. The predicted molar refractivity (Wildman–Crippen MR) is 95.9 cm³/mol. The number of hydrogen-bond donors (Lipinski definition) is 0. The van der Waals surface area contributed by atoms with E-state index in [1.165, 1.54) is 0 Å². The average molecular weight is 320 g/mol. The molecule has 0 fully saturated rings. The van der Waals surface area contributed by atoms with Gasteiger partial charge in [-0.25, -0.2) is 15.0 Å². The Morgan fingerprint density at radius 1 is 1.04 bits per heavy atom. The Morgan fingerprint density at radius 2 is 1.87 bits per heavy atom. The van der Waals surface area contributed by atoms with Crippen LogP contribution >= 0.6 is 11.6 Å². The number of aromatic nitrogens is 3. The molecule has 3 nitrogen and oxygen atoms in total. The third kappa shape index (κ3) is 3.20. The molecule has 1 aromatic carbocycles. The first kappa shape index (κ1) is 15.1. The summed E-state index contributed by atoms with van der Waals surface area (Å²) in [5, 5.41) is 1.41. The molecule has 0 aliphatic heterocycles. The molecule has 3 aromatic rings. The Morgan fingerprint density at radius 3 is 2.65 bits per heavy atom. The summed E-state index contributed by atoms with van der Waals surface area (Å²) in [6.07, 6.45) is 5.24. The van der Waals surface area contributed by atoms with Crippen LogP contribution in [0.25, 0.3) is 28.0 Å². The molecule has 0 spiro atoms. The molecule has 0 unspecified atom stereocenters. The van der Waals surface area contributed by atoms with E-state index in [0.29, 0.717) is 22.2 Å². The first-order valence-electron chi connectivity index (χ1n) is 7.06. The van der Waals surface area contributed by atoms with Crippen LogP contribution in [0.2, 0.25) is 0 Å². The van der Waals surface area contributed by atoms with Gasteiger partial charge in [0.05, 0.1) is 11.2 Å². The maximum Gasteiger partial charge on any atom is 0.178 e. The van der Waals surface area contributed by atoms with Gasteiger partial charge in [-0.3, -0.25) is 0 Å². The van der Waals surface area contributed by atoms with Crippen LogP contribution in [0.3, 0.4) is 0 Å². The van der Waals surface area contributed by atoms with Gasteiger partial charge in [0.2, 0.25) is 0 Å². The van der Waals surface area contributed by atoms with Gasteiger partial charge in [0.15, 0.2) is 5.82 Å². The molecule has 0 aliphatic rings. The maximum absolute atomic E-state index is 6.05. The number of allylic oxidation sites excluding steroid dienone is 4. The number of benzene rings is 1. The molecule has 23 heavy (non-hydrogen) atoms. The second kappa shape index (κ2) is 6.55. The highest BCUT2D eigenvalue weighted by molar-refractivity contribution is 6.36. The SMILES string of the molecule is C=C/C=C(\C(=C)Cl)c1cccc(-c2ncc3ccccc3n2)n1. The minimum atomic E-state index is 0.411. The lowest BCUT2D eigenvalue weighted by Crippen LogP contribution is -1.96. The molecule has 0 bridgehead atoms. The van der Waals surface area contributed by atoms with Crippen LogP contribution in [-0.2, 0) is 0 Å². The molecule has 2 heterocycles. The van der Waals surface area contributed by atoms with Crippen molar-refractivity contribution in [3.8, 4) is 11.5 Å². The lowest BCUT2D eigenvalue weighted by Gasteiger charge is -2.07. The summed E-state index contributed by atoms with van der Waals surface area (Å²) in [6.45, 7) is 7.47. The zero-order valence-corrected chi connectivity index (χ0v) is 13.2. The highest BCUT2D eigenvalue weighted by atomic mass is 35.5. The van der Waals surface area contributed by atoms with Gasteiger partial charge in [-0.1, -0.05) is 61.2 Å². The smallest absolute Gasteiger partial charge is 0.178 e. The van der Waals surface area contributed by atoms with Crippen LogP contribution in [0, 0.1) is 0 Å². The molecule has 3 rings (SSSR count). The summed E-state index contributed by atoms with van der Waals surface area (Å²) in [5.41, 5.74) is 3.00. The summed E-state index contributed by atoms with van der Waals surface area (Å²) in [5.74, 6) is 0.573. The maximum atomic E-state index is 6.05. The van der Waals surface area contributed by atoms with Gasteiger partial charge >= 0.3 is 0 Å². The monoisotopic (exact) mass is 319 g/mol. The van der Waals surface area contributed by atoms with Crippen LogP contribution < -0.4 is 0 Å². The molecule has 0 atom stereocenters. The van der Waals surface area contributed by atoms with Gasteiger partial charge in [-0.15, -0.1) is 0 Å². The van der Waals surface area contributed by atoms with E-state index in [-0.39, 0.29) is 0 Å². The van der Waals surface area contributed by atoms with Crippen molar-refractivity contribution >= 4 is 28.1 Å². The van der Waals surface area contributed by atoms with Crippen molar-refractivity contribution in [2.75, 3.05) is 0 Å². The summed E-state index contributed by atoms with van der Waals surface area (Å²) in [4.78, 5) is 13.6. The Labute approximate surface area is 139 Å². The van der Waals surface area contributed by atoms with E-state index in [1.807, 2.05) is 42.5 Å². The minimum absolute atomic E-state index is 0.411. The zero-order chi connectivity index (χ0) is 16.2. The number of halogens is 1. The molecule has 0 saturated heterocycles. The summed E-state index contributed by atoms with van der Waals surface area (Å²) >= 11 is 6.05. The standard InChI is InChI=1S/C19H14ClN3/c1-3-7-15(13(2)20)17-10-6-11-18(22-17)19-21-12-14-8-4-5-9-16(14)23-19/h3-12H,1-2H2/b15-7+. The number of rotatable bonds is 4. The van der Waals surface area contributed by atoms with Crippen LogP contribution in [-0.4, -0.2) is 15.0 Å². The summed E-state index contributed by atoms with van der Waals surface area (Å²) in [6, 6.07) is 13.5. The fourth-order valence-electron chi connectivity index (χ4n) is 2.24. The van der Waals surface area contributed by atoms with Crippen LogP contribution in [0.1, 0.15) is 5.69 Å². The van der Waals surface area contributed by atoms with Gasteiger partial charge < -0.3 is 0 Å². The molecule has 0 amide bonds. The van der Waals surface area contributed by atoms with Gasteiger partial charge in [0.25, 0.3) is 0 Å². The molecular weight excluding hydrogens is 306 g/mol. The van der Waals surface area contributed by atoms with E-state index in [4.69, 9.17) is 11.6 Å². The summed E-state index contributed by atoms with van der Waals surface area (Å²) < 4.78 is 0. The fourth-order valence-corrected chi connectivity index (χ4v) is 2.40. The van der Waals surface area contributed by atoms with Gasteiger partial charge in [-0.2, -0.15) is 0 Å². The topological polar surface area (TPSA) is 38.7 Å². The third-order valence-corrected chi connectivity index (χ3v) is 3.52. The number of pyridine rings is 1. The zero-order valence-electron chi connectivity index (χ0n) is 12.4. The lowest BCUT2D eigenvalue weighted by atomic mass is 10.1. The first-order valence-corrected chi connectivity index (χ1v) is 7.44.